The van der Waals surface area contributed by atoms with Crippen LogP contribution in [0.5, 0.6) is 0 Å². The first-order chi connectivity index (χ1) is 9.06. The summed E-state index contributed by atoms with van der Waals surface area (Å²) in [4.78, 5) is 16.2. The Kier molecular flexibility index (Phi) is 3.97. The van der Waals surface area contributed by atoms with Crippen LogP contribution in [0, 0.1) is 10.1 Å². The molecule has 0 amide bonds. The van der Waals surface area contributed by atoms with E-state index < -0.39 is 4.92 Å². The maximum atomic E-state index is 10.8. The second kappa shape index (κ2) is 5.67. The van der Waals surface area contributed by atoms with Gasteiger partial charge in [-0.25, -0.2) is 4.98 Å². The summed E-state index contributed by atoms with van der Waals surface area (Å²) in [5.41, 5.74) is 1.03. The number of hydrogen-bond donors (Lipinski definition) is 0. The number of halogens is 1. The molecule has 0 aliphatic rings. The van der Waals surface area contributed by atoms with Gasteiger partial charge in [-0.3, -0.25) is 10.1 Å². The molecule has 0 spiro atoms. The lowest BCUT2D eigenvalue weighted by atomic mass is 10.2. The van der Waals surface area contributed by atoms with E-state index in [1.54, 1.807) is 0 Å². The van der Waals surface area contributed by atoms with Crippen molar-refractivity contribution in [1.29, 1.82) is 0 Å². The molecule has 2 aromatic rings. The predicted molar refractivity (Wildman–Crippen MR) is 74.5 cm³/mol. The summed E-state index contributed by atoms with van der Waals surface area (Å²) < 4.78 is 0. The lowest BCUT2D eigenvalue weighted by Crippen LogP contribution is -2.17. The highest BCUT2D eigenvalue weighted by Gasteiger charge is 2.13. The molecular weight excluding hydrogens is 266 g/mol. The lowest BCUT2D eigenvalue weighted by Gasteiger charge is -2.18. The maximum absolute atomic E-state index is 10.8. The van der Waals surface area contributed by atoms with Gasteiger partial charge in [-0.2, -0.15) is 0 Å². The third kappa shape index (κ3) is 3.42. The van der Waals surface area contributed by atoms with Gasteiger partial charge in [0.1, 0.15) is 11.0 Å². The fourth-order valence-corrected chi connectivity index (χ4v) is 1.91. The molecule has 98 valence electrons. The standard InChI is InChI=1S/C13H12ClN3O2/c1-16(9-10-5-3-2-4-6-10)13-8-11(17(18)19)7-12(14)15-13/h2-8H,9H2,1H3. The van der Waals surface area contributed by atoms with Crippen molar-refractivity contribution < 1.29 is 4.92 Å². The van der Waals surface area contributed by atoms with Gasteiger partial charge in [0.25, 0.3) is 5.69 Å². The Hall–Kier alpha value is -2.14. The first-order valence-electron chi connectivity index (χ1n) is 5.63. The summed E-state index contributed by atoms with van der Waals surface area (Å²) in [6.45, 7) is 0.603. The third-order valence-corrected chi connectivity index (χ3v) is 2.82. The lowest BCUT2D eigenvalue weighted by molar-refractivity contribution is -0.384. The van der Waals surface area contributed by atoms with Gasteiger partial charge in [-0.05, 0) is 5.56 Å². The van der Waals surface area contributed by atoms with Crippen molar-refractivity contribution in [3.63, 3.8) is 0 Å². The topological polar surface area (TPSA) is 59.3 Å². The van der Waals surface area contributed by atoms with Crippen molar-refractivity contribution in [2.24, 2.45) is 0 Å². The highest BCUT2D eigenvalue weighted by atomic mass is 35.5. The first-order valence-corrected chi connectivity index (χ1v) is 6.01. The molecule has 6 heteroatoms. The number of rotatable bonds is 4. The van der Waals surface area contributed by atoms with E-state index in [9.17, 15) is 10.1 Å². The summed E-state index contributed by atoms with van der Waals surface area (Å²) in [6.07, 6.45) is 0. The average Bonchev–Trinajstić information content (AvgIpc) is 2.39. The molecule has 0 unspecified atom stereocenters. The smallest absolute Gasteiger partial charge is 0.276 e. The van der Waals surface area contributed by atoms with E-state index in [-0.39, 0.29) is 10.8 Å². The second-order valence-electron chi connectivity index (χ2n) is 4.11. The number of pyridine rings is 1. The Bertz CT molecular complexity index is 590. The van der Waals surface area contributed by atoms with Crippen LogP contribution < -0.4 is 4.90 Å². The van der Waals surface area contributed by atoms with E-state index in [2.05, 4.69) is 4.98 Å². The minimum Gasteiger partial charge on any atom is -0.355 e. The van der Waals surface area contributed by atoms with E-state index in [0.29, 0.717) is 12.4 Å². The van der Waals surface area contributed by atoms with Crippen LogP contribution in [0.25, 0.3) is 0 Å². The SMILES string of the molecule is CN(Cc1ccccc1)c1cc([N+](=O)[O-])cc(Cl)n1. The van der Waals surface area contributed by atoms with Gasteiger partial charge in [0.15, 0.2) is 0 Å². The number of anilines is 1. The highest BCUT2D eigenvalue weighted by molar-refractivity contribution is 6.29. The van der Waals surface area contributed by atoms with Crippen molar-refractivity contribution in [2.75, 3.05) is 11.9 Å². The molecule has 0 aliphatic heterocycles. The zero-order valence-electron chi connectivity index (χ0n) is 10.3. The van der Waals surface area contributed by atoms with Gasteiger partial charge in [0, 0.05) is 13.6 Å². The molecular formula is C13H12ClN3O2. The minimum absolute atomic E-state index is 0.0603. The van der Waals surface area contributed by atoms with Gasteiger partial charge in [-0.15, -0.1) is 0 Å². The maximum Gasteiger partial charge on any atom is 0.276 e. The molecule has 1 aromatic carbocycles. The molecule has 1 aromatic heterocycles. The van der Waals surface area contributed by atoms with Gasteiger partial charge in [0.2, 0.25) is 0 Å². The summed E-state index contributed by atoms with van der Waals surface area (Å²) in [6, 6.07) is 12.4. The van der Waals surface area contributed by atoms with E-state index in [1.807, 2.05) is 42.3 Å². The Morgan fingerprint density at radius 2 is 2.00 bits per heavy atom. The number of aromatic nitrogens is 1. The van der Waals surface area contributed by atoms with Crippen LogP contribution in [0.1, 0.15) is 5.56 Å². The largest absolute Gasteiger partial charge is 0.355 e. The molecule has 19 heavy (non-hydrogen) atoms. The summed E-state index contributed by atoms with van der Waals surface area (Å²) in [7, 11) is 1.81. The number of nitrogens with zero attached hydrogens (tertiary/aromatic N) is 3. The number of hydrogen-bond acceptors (Lipinski definition) is 4. The van der Waals surface area contributed by atoms with E-state index in [0.717, 1.165) is 5.56 Å². The van der Waals surface area contributed by atoms with Crippen LogP contribution >= 0.6 is 11.6 Å². The molecule has 2 rings (SSSR count). The molecule has 0 atom stereocenters. The number of nitro groups is 1. The van der Waals surface area contributed by atoms with Crippen LogP contribution in [-0.4, -0.2) is 17.0 Å². The van der Waals surface area contributed by atoms with E-state index in [1.165, 1.54) is 12.1 Å². The quantitative estimate of drug-likeness (QED) is 0.489. The van der Waals surface area contributed by atoms with Crippen LogP contribution in [0.4, 0.5) is 11.5 Å². The number of benzene rings is 1. The molecule has 0 radical (unpaired) electrons. The van der Waals surface area contributed by atoms with Crippen molar-refractivity contribution in [3.8, 4) is 0 Å². The fraction of sp³-hybridized carbons (Fsp3) is 0.154. The molecule has 0 N–H and O–H groups in total. The Labute approximate surface area is 115 Å². The van der Waals surface area contributed by atoms with Crippen LogP contribution in [0.3, 0.4) is 0 Å². The second-order valence-corrected chi connectivity index (χ2v) is 4.49. The Morgan fingerprint density at radius 3 is 2.63 bits per heavy atom. The third-order valence-electron chi connectivity index (χ3n) is 2.63. The van der Waals surface area contributed by atoms with Crippen LogP contribution in [-0.2, 0) is 6.54 Å². The van der Waals surface area contributed by atoms with Gasteiger partial charge in [0.05, 0.1) is 17.1 Å². The van der Waals surface area contributed by atoms with E-state index >= 15 is 0 Å². The van der Waals surface area contributed by atoms with Crippen molar-refractivity contribution in [3.05, 3.63) is 63.3 Å². The fourth-order valence-electron chi connectivity index (χ4n) is 1.71. The van der Waals surface area contributed by atoms with Crippen molar-refractivity contribution in [1.82, 2.24) is 4.98 Å². The zero-order chi connectivity index (χ0) is 13.8. The minimum atomic E-state index is -0.479. The van der Waals surface area contributed by atoms with Gasteiger partial charge in [-0.1, -0.05) is 41.9 Å². The summed E-state index contributed by atoms with van der Waals surface area (Å²) in [5, 5.41) is 10.9. The molecule has 1 heterocycles. The Balaban J connectivity index is 2.24. The summed E-state index contributed by atoms with van der Waals surface area (Å²) in [5.74, 6) is 0.475. The van der Waals surface area contributed by atoms with Crippen LogP contribution in [0.2, 0.25) is 5.15 Å². The summed E-state index contributed by atoms with van der Waals surface area (Å²) >= 11 is 5.80. The normalized spacial score (nSPS) is 10.2. The predicted octanol–water partition coefficient (Wildman–Crippen LogP) is 3.28. The molecule has 0 bridgehead atoms. The molecule has 0 aliphatic carbocycles. The van der Waals surface area contributed by atoms with Crippen LogP contribution in [0.15, 0.2) is 42.5 Å². The van der Waals surface area contributed by atoms with Gasteiger partial charge < -0.3 is 4.90 Å². The highest BCUT2D eigenvalue weighted by Crippen LogP contribution is 2.23. The molecule has 0 saturated carbocycles. The Morgan fingerprint density at radius 1 is 1.32 bits per heavy atom. The zero-order valence-corrected chi connectivity index (χ0v) is 11.0. The van der Waals surface area contributed by atoms with E-state index in [4.69, 9.17) is 11.6 Å². The molecule has 5 nitrogen and oxygen atoms in total. The van der Waals surface area contributed by atoms with Crippen molar-refractivity contribution in [2.45, 2.75) is 6.54 Å². The molecule has 0 fully saturated rings. The molecule has 0 saturated heterocycles. The monoisotopic (exact) mass is 277 g/mol. The van der Waals surface area contributed by atoms with Crippen molar-refractivity contribution >= 4 is 23.1 Å². The first kappa shape index (κ1) is 13.3. The average molecular weight is 278 g/mol. The van der Waals surface area contributed by atoms with Gasteiger partial charge >= 0.3 is 0 Å².